The molecule has 1 N–H and O–H groups in total. The van der Waals surface area contributed by atoms with Gasteiger partial charge >= 0.3 is 0 Å². The van der Waals surface area contributed by atoms with Crippen molar-refractivity contribution in [3.63, 3.8) is 0 Å². The van der Waals surface area contributed by atoms with Crippen LogP contribution in [0.25, 0.3) is 0 Å². The molecule has 0 unspecified atom stereocenters. The third-order valence-corrected chi connectivity index (χ3v) is 2.93. The normalized spacial score (nSPS) is 9.19. The van der Waals surface area contributed by atoms with E-state index in [1.807, 2.05) is 0 Å². The molecule has 6 heteroatoms. The number of nitrogens with zero attached hydrogens (tertiary/aromatic N) is 2. The number of rotatable bonds is 3. The first kappa shape index (κ1) is 12.5. The first-order valence-corrected chi connectivity index (χ1v) is 5.30. The zero-order valence-corrected chi connectivity index (χ0v) is 10.5. The molecule has 0 saturated carbocycles. The van der Waals surface area contributed by atoms with Crippen LogP contribution in [-0.2, 0) is 0 Å². The van der Waals surface area contributed by atoms with E-state index in [2.05, 4.69) is 38.1 Å². The van der Waals surface area contributed by atoms with Crippen molar-refractivity contribution in [3.8, 4) is 11.8 Å². The molecule has 0 aliphatic heterocycles. The fourth-order valence-corrected chi connectivity index (χ4v) is 1.54. The van der Waals surface area contributed by atoms with Crippen molar-refractivity contribution in [3.05, 3.63) is 26.3 Å². The lowest BCUT2D eigenvalue weighted by Crippen LogP contribution is -2.04. The smallest absolute Gasteiger partial charge is 0.291 e. The second-order valence-electron chi connectivity index (χ2n) is 2.97. The average molecular weight is 284 g/mol. The third-order valence-electron chi connectivity index (χ3n) is 1.95. The van der Waals surface area contributed by atoms with E-state index in [1.165, 1.54) is 6.20 Å². The van der Waals surface area contributed by atoms with Gasteiger partial charge in [0.2, 0.25) is 0 Å². The summed E-state index contributed by atoms with van der Waals surface area (Å²) in [7, 11) is 0. The Morgan fingerprint density at radius 2 is 2.38 bits per heavy atom. The minimum atomic E-state index is -0.456. The lowest BCUT2D eigenvalue weighted by molar-refractivity contribution is -0.385. The van der Waals surface area contributed by atoms with Gasteiger partial charge in [-0.1, -0.05) is 5.92 Å². The fraction of sp³-hybridized carbons (Fsp3) is 0.300. The summed E-state index contributed by atoms with van der Waals surface area (Å²) in [5, 5.41) is 13.6. The summed E-state index contributed by atoms with van der Waals surface area (Å²) in [6, 6.07) is 0. The monoisotopic (exact) mass is 283 g/mol. The molecule has 0 fully saturated rings. The lowest BCUT2D eigenvalue weighted by Gasteiger charge is -2.06. The molecule has 1 aromatic rings. The Morgan fingerprint density at radius 3 is 2.94 bits per heavy atom. The van der Waals surface area contributed by atoms with Crippen LogP contribution in [0.15, 0.2) is 10.7 Å². The molecule has 0 radical (unpaired) electrons. The van der Waals surface area contributed by atoms with Crippen LogP contribution >= 0.6 is 15.9 Å². The van der Waals surface area contributed by atoms with Gasteiger partial charge in [-0.05, 0) is 29.8 Å². The number of halogens is 1. The number of anilines is 1. The van der Waals surface area contributed by atoms with Crippen molar-refractivity contribution < 1.29 is 4.92 Å². The topological polar surface area (TPSA) is 68.1 Å². The Kier molecular flexibility index (Phi) is 4.26. The third kappa shape index (κ3) is 2.70. The molecule has 16 heavy (non-hydrogen) atoms. The summed E-state index contributed by atoms with van der Waals surface area (Å²) >= 11 is 3.27. The van der Waals surface area contributed by atoms with Gasteiger partial charge in [-0.15, -0.1) is 5.92 Å². The largest absolute Gasteiger partial charge is 0.358 e. The highest BCUT2D eigenvalue weighted by Crippen LogP contribution is 2.30. The molecule has 0 aliphatic rings. The molecule has 0 saturated heterocycles. The highest BCUT2D eigenvalue weighted by molar-refractivity contribution is 9.10. The lowest BCUT2D eigenvalue weighted by atomic mass is 10.2. The van der Waals surface area contributed by atoms with E-state index < -0.39 is 4.92 Å². The predicted molar refractivity (Wildman–Crippen MR) is 65.3 cm³/mol. The first-order valence-electron chi connectivity index (χ1n) is 4.51. The molecule has 0 spiro atoms. The molecule has 0 atom stereocenters. The second-order valence-corrected chi connectivity index (χ2v) is 3.76. The molecule has 1 aromatic heterocycles. The highest BCUT2D eigenvalue weighted by atomic mass is 79.9. The van der Waals surface area contributed by atoms with Gasteiger partial charge in [-0.25, -0.2) is 4.98 Å². The molecule has 1 rings (SSSR count). The molecule has 0 amide bonds. The predicted octanol–water partition coefficient (Wildman–Crippen LogP) is 2.50. The van der Waals surface area contributed by atoms with E-state index in [1.54, 1.807) is 13.8 Å². The second kappa shape index (κ2) is 5.47. The van der Waals surface area contributed by atoms with Crippen LogP contribution in [0.4, 0.5) is 11.5 Å². The first-order chi connectivity index (χ1) is 7.57. The van der Waals surface area contributed by atoms with Gasteiger partial charge in [0.25, 0.3) is 5.69 Å². The van der Waals surface area contributed by atoms with Crippen LogP contribution in [0.1, 0.15) is 12.5 Å². The summed E-state index contributed by atoms with van der Waals surface area (Å²) in [5.74, 6) is 6.12. The van der Waals surface area contributed by atoms with Crippen molar-refractivity contribution in [1.82, 2.24) is 4.98 Å². The van der Waals surface area contributed by atoms with Crippen molar-refractivity contribution in [2.45, 2.75) is 13.8 Å². The molecule has 84 valence electrons. The molecule has 0 bridgehead atoms. The van der Waals surface area contributed by atoms with Gasteiger partial charge in [0.05, 0.1) is 15.9 Å². The zero-order chi connectivity index (χ0) is 12.1. The number of nitrogens with one attached hydrogen (secondary N) is 1. The summed E-state index contributed by atoms with van der Waals surface area (Å²) in [5.41, 5.74) is 0.547. The Hall–Kier alpha value is -1.61. The number of aromatic nitrogens is 1. The van der Waals surface area contributed by atoms with Crippen LogP contribution < -0.4 is 5.32 Å². The Balaban J connectivity index is 3.00. The van der Waals surface area contributed by atoms with Crippen molar-refractivity contribution in [2.24, 2.45) is 0 Å². The molecular formula is C10H10BrN3O2. The minimum absolute atomic E-state index is 0.000925. The number of pyridine rings is 1. The number of hydrogen-bond donors (Lipinski definition) is 1. The van der Waals surface area contributed by atoms with Gasteiger partial charge in [-0.3, -0.25) is 10.1 Å². The van der Waals surface area contributed by atoms with Gasteiger partial charge in [-0.2, -0.15) is 0 Å². The highest BCUT2D eigenvalue weighted by Gasteiger charge is 2.16. The average Bonchev–Trinajstić information content (AvgIpc) is 2.24. The van der Waals surface area contributed by atoms with Crippen LogP contribution in [0.5, 0.6) is 0 Å². The van der Waals surface area contributed by atoms with Crippen molar-refractivity contribution in [2.75, 3.05) is 11.9 Å². The molecule has 0 aromatic carbocycles. The fourth-order valence-electron chi connectivity index (χ4n) is 1.09. The Labute approximate surface area is 102 Å². The van der Waals surface area contributed by atoms with Crippen LogP contribution in [0.2, 0.25) is 0 Å². The van der Waals surface area contributed by atoms with Crippen molar-refractivity contribution >= 4 is 27.4 Å². The Bertz CT molecular complexity index is 477. The van der Waals surface area contributed by atoms with Crippen LogP contribution in [-0.4, -0.2) is 16.5 Å². The minimum Gasteiger partial charge on any atom is -0.358 e. The Morgan fingerprint density at radius 1 is 1.69 bits per heavy atom. The van der Waals surface area contributed by atoms with E-state index in [-0.39, 0.29) is 5.69 Å². The van der Waals surface area contributed by atoms with E-state index in [0.717, 1.165) is 0 Å². The summed E-state index contributed by atoms with van der Waals surface area (Å²) in [4.78, 5) is 14.2. The molecular weight excluding hydrogens is 274 g/mol. The molecule has 1 heterocycles. The van der Waals surface area contributed by atoms with E-state index in [9.17, 15) is 10.1 Å². The van der Waals surface area contributed by atoms with Crippen molar-refractivity contribution in [1.29, 1.82) is 0 Å². The van der Waals surface area contributed by atoms with Gasteiger partial charge in [0.15, 0.2) is 0 Å². The maximum Gasteiger partial charge on any atom is 0.291 e. The molecule has 5 nitrogen and oxygen atoms in total. The van der Waals surface area contributed by atoms with Crippen LogP contribution in [0.3, 0.4) is 0 Å². The van der Waals surface area contributed by atoms with E-state index in [4.69, 9.17) is 0 Å². The van der Waals surface area contributed by atoms with Gasteiger partial charge in [0.1, 0.15) is 12.0 Å². The van der Waals surface area contributed by atoms with E-state index >= 15 is 0 Å². The maximum absolute atomic E-state index is 10.6. The maximum atomic E-state index is 10.6. The SMILES string of the molecule is CC#CCNc1ncc([N+](=O)[O-])c(C)c1Br. The zero-order valence-electron chi connectivity index (χ0n) is 8.87. The quantitative estimate of drug-likeness (QED) is 0.526. The standard InChI is InChI=1S/C10H10BrN3O2/c1-3-4-5-12-10-9(11)7(2)8(6-13-10)14(15)16/h6H,5H2,1-2H3,(H,12,13). The summed E-state index contributed by atoms with van der Waals surface area (Å²) in [6.45, 7) is 3.87. The summed E-state index contributed by atoms with van der Waals surface area (Å²) in [6.07, 6.45) is 1.24. The number of nitro groups is 1. The summed E-state index contributed by atoms with van der Waals surface area (Å²) < 4.78 is 0.597. The number of hydrogen-bond acceptors (Lipinski definition) is 4. The van der Waals surface area contributed by atoms with Gasteiger partial charge < -0.3 is 5.32 Å². The van der Waals surface area contributed by atoms with E-state index in [0.29, 0.717) is 22.4 Å². The van der Waals surface area contributed by atoms with Crippen LogP contribution in [0, 0.1) is 28.9 Å². The molecule has 0 aliphatic carbocycles. The van der Waals surface area contributed by atoms with Gasteiger partial charge in [0, 0.05) is 5.56 Å².